The Morgan fingerprint density at radius 3 is 1.82 bits per heavy atom. The van der Waals surface area contributed by atoms with Gasteiger partial charge in [-0.3, -0.25) is 15.6 Å². The van der Waals surface area contributed by atoms with E-state index in [0.29, 0.717) is 0 Å². The zero-order valence-corrected chi connectivity index (χ0v) is 28.6. The van der Waals surface area contributed by atoms with Gasteiger partial charge in [-0.15, -0.1) is 0 Å². The first-order valence-electron chi connectivity index (χ1n) is 15.8. The van der Waals surface area contributed by atoms with Crippen molar-refractivity contribution in [2.24, 2.45) is 4.99 Å². The molecule has 0 spiro atoms. The van der Waals surface area contributed by atoms with Crippen molar-refractivity contribution < 1.29 is 47.7 Å². The number of rotatable bonds is 10. The molecule has 0 aliphatic carbocycles. The molecule has 2 aromatic carbocycles. The second-order valence-corrected chi connectivity index (χ2v) is 13.1. The zero-order valence-electron chi connectivity index (χ0n) is 28.6. The van der Waals surface area contributed by atoms with Gasteiger partial charge in [0.15, 0.2) is 0 Å². The summed E-state index contributed by atoms with van der Waals surface area (Å²) < 4.78 is 26.5. The Labute approximate surface area is 285 Å². The third-order valence-electron chi connectivity index (χ3n) is 6.44. The molecule has 2 aromatic rings. The van der Waals surface area contributed by atoms with Gasteiger partial charge >= 0.3 is 30.5 Å². The zero-order chi connectivity index (χ0) is 36.0. The largest absolute Gasteiger partial charge is 0.447 e. The third kappa shape index (κ3) is 14.5. The topological polar surface area (TPSA) is 183 Å². The molecule has 1 fully saturated rings. The van der Waals surface area contributed by atoms with Crippen LogP contribution in [0.3, 0.4) is 0 Å². The van der Waals surface area contributed by atoms with Gasteiger partial charge in [-0.2, -0.15) is 0 Å². The highest BCUT2D eigenvalue weighted by Gasteiger charge is 2.41. The molecule has 3 N–H and O–H groups in total. The fourth-order valence-corrected chi connectivity index (χ4v) is 4.37. The van der Waals surface area contributed by atoms with Crippen LogP contribution in [0.15, 0.2) is 65.7 Å². The van der Waals surface area contributed by atoms with Gasteiger partial charge in [-0.25, -0.2) is 28.9 Å². The number of amides is 5. The molecule has 0 saturated carbocycles. The number of hydrogen-bond donors (Lipinski definition) is 3. The lowest BCUT2D eigenvalue weighted by molar-refractivity contribution is 0.0280. The van der Waals surface area contributed by atoms with E-state index >= 15 is 0 Å². The number of imide groups is 1. The number of carbonyl (C=O) groups is 5. The van der Waals surface area contributed by atoms with Crippen molar-refractivity contribution in [1.29, 1.82) is 0 Å². The molecule has 49 heavy (non-hydrogen) atoms. The lowest BCUT2D eigenvalue weighted by Gasteiger charge is -2.28. The number of carbonyl (C=O) groups excluding carboxylic acids is 5. The summed E-state index contributed by atoms with van der Waals surface area (Å²) in [5, 5.41) is 7.59. The number of cyclic esters (lactones) is 1. The molecule has 0 bridgehead atoms. The van der Waals surface area contributed by atoms with E-state index < -0.39 is 53.8 Å². The van der Waals surface area contributed by atoms with Gasteiger partial charge in [0.25, 0.3) is 0 Å². The summed E-state index contributed by atoms with van der Waals surface area (Å²) in [6.45, 7) is 9.88. The van der Waals surface area contributed by atoms with Crippen molar-refractivity contribution >= 4 is 36.4 Å². The van der Waals surface area contributed by atoms with E-state index in [1.807, 2.05) is 12.1 Å². The van der Waals surface area contributed by atoms with Crippen LogP contribution in [0.1, 0.15) is 65.5 Å². The highest BCUT2D eigenvalue weighted by Crippen LogP contribution is 2.22. The van der Waals surface area contributed by atoms with Gasteiger partial charge in [-0.1, -0.05) is 60.7 Å². The Morgan fingerprint density at radius 1 is 0.816 bits per heavy atom. The molecular formula is C34H45N5O10. The number of nitrogens with zero attached hydrogens (tertiary/aromatic N) is 2. The average Bonchev–Trinajstić information content (AvgIpc) is 3.37. The number of hydrogen-bond acceptors (Lipinski definition) is 11. The van der Waals surface area contributed by atoms with Gasteiger partial charge in [0.2, 0.25) is 5.96 Å². The van der Waals surface area contributed by atoms with Crippen LogP contribution in [-0.2, 0) is 36.9 Å². The maximum atomic E-state index is 12.8. The molecular weight excluding hydrogens is 638 g/mol. The predicted molar refractivity (Wildman–Crippen MR) is 177 cm³/mol. The fraction of sp³-hybridized carbons (Fsp3) is 0.471. The summed E-state index contributed by atoms with van der Waals surface area (Å²) in [6, 6.07) is 16.5. The van der Waals surface area contributed by atoms with E-state index in [2.05, 4.69) is 20.9 Å². The molecule has 2 unspecified atom stereocenters. The average molecular weight is 684 g/mol. The summed E-state index contributed by atoms with van der Waals surface area (Å²) in [5.74, 6) is -0.262. The van der Waals surface area contributed by atoms with E-state index in [1.54, 1.807) is 90.1 Å². The van der Waals surface area contributed by atoms with Crippen LogP contribution in [0.5, 0.6) is 0 Å². The molecule has 0 aromatic heterocycles. The minimum Gasteiger partial charge on any atom is -0.447 e. The summed E-state index contributed by atoms with van der Waals surface area (Å²) in [7, 11) is 0. The van der Waals surface area contributed by atoms with Crippen LogP contribution in [0, 0.1) is 0 Å². The molecule has 1 saturated heterocycles. The van der Waals surface area contributed by atoms with Gasteiger partial charge in [0, 0.05) is 12.6 Å². The first kappa shape index (κ1) is 38.1. The van der Waals surface area contributed by atoms with Crippen LogP contribution in [-0.4, -0.2) is 77.8 Å². The number of benzene rings is 2. The van der Waals surface area contributed by atoms with Crippen LogP contribution in [0.2, 0.25) is 0 Å². The van der Waals surface area contributed by atoms with Gasteiger partial charge in [-0.05, 0) is 65.5 Å². The Balaban J connectivity index is 1.74. The van der Waals surface area contributed by atoms with Crippen molar-refractivity contribution in [3.8, 4) is 0 Å². The smallest absolute Gasteiger partial charge is 0.420 e. The highest BCUT2D eigenvalue weighted by atomic mass is 16.6. The second kappa shape index (κ2) is 17.7. The normalized spacial score (nSPS) is 14.9. The number of ether oxygens (including phenoxy) is 5. The predicted octanol–water partition coefficient (Wildman–Crippen LogP) is 5.62. The third-order valence-corrected chi connectivity index (χ3v) is 6.44. The number of aliphatic imine (C=N–C) groups is 1. The maximum absolute atomic E-state index is 12.8. The molecule has 1 heterocycles. The number of nitrogens with one attached hydrogen (secondary N) is 3. The lowest BCUT2D eigenvalue weighted by atomic mass is 10.0. The minimum absolute atomic E-state index is 0.0311. The molecule has 5 amide bonds. The van der Waals surface area contributed by atoms with E-state index in [4.69, 9.17) is 23.7 Å². The van der Waals surface area contributed by atoms with Gasteiger partial charge in [0.05, 0.1) is 6.04 Å². The van der Waals surface area contributed by atoms with E-state index in [-0.39, 0.29) is 45.2 Å². The van der Waals surface area contributed by atoms with Gasteiger partial charge < -0.3 is 29.0 Å². The highest BCUT2D eigenvalue weighted by molar-refractivity contribution is 6.01. The Hall–Kier alpha value is -5.34. The van der Waals surface area contributed by atoms with Crippen LogP contribution in [0.25, 0.3) is 0 Å². The van der Waals surface area contributed by atoms with Crippen molar-refractivity contribution in [2.45, 2.75) is 90.9 Å². The number of guanidine groups is 1. The monoisotopic (exact) mass is 683 g/mol. The first-order valence-corrected chi connectivity index (χ1v) is 15.8. The Morgan fingerprint density at radius 2 is 1.33 bits per heavy atom. The summed E-state index contributed by atoms with van der Waals surface area (Å²) >= 11 is 0. The quantitative estimate of drug-likeness (QED) is 0.161. The summed E-state index contributed by atoms with van der Waals surface area (Å²) in [4.78, 5) is 68.5. The van der Waals surface area contributed by atoms with Crippen molar-refractivity contribution in [1.82, 2.24) is 20.9 Å². The molecule has 2 atom stereocenters. The molecule has 3 rings (SSSR count). The van der Waals surface area contributed by atoms with Crippen LogP contribution in [0.4, 0.5) is 24.0 Å². The molecule has 0 radical (unpaired) electrons. The Kier molecular flexibility index (Phi) is 13.8. The SMILES string of the molecule is CC(C)(C)OC(=O)NC(CCN=C(NC(=O)OCc1ccccc1)NC(=O)OCc1ccccc1)CC1COC(=O)N1C(=O)OC(C)(C)C. The van der Waals surface area contributed by atoms with E-state index in [9.17, 15) is 24.0 Å². The molecule has 15 nitrogen and oxygen atoms in total. The summed E-state index contributed by atoms with van der Waals surface area (Å²) in [5.41, 5.74) is -0.175. The van der Waals surface area contributed by atoms with E-state index in [0.717, 1.165) is 16.0 Å². The lowest BCUT2D eigenvalue weighted by Crippen LogP contribution is -2.47. The fourth-order valence-electron chi connectivity index (χ4n) is 4.37. The minimum atomic E-state index is -0.885. The molecule has 1 aliphatic rings. The molecule has 266 valence electrons. The van der Waals surface area contributed by atoms with Crippen molar-refractivity contribution in [3.05, 3.63) is 71.8 Å². The van der Waals surface area contributed by atoms with E-state index in [1.165, 1.54) is 0 Å². The standard InChI is InChI=1S/C34H45N5O10/c1-33(2,3)48-30(42)36-25(19-26-22-47-31(43)39(26)32(44)49-34(4,5)6)17-18-35-27(37-28(40)45-20-23-13-9-7-10-14-23)38-29(41)46-21-24-15-11-8-12-16-24/h7-16,25-26H,17-22H2,1-6H3,(H,36,42)(H2,35,37,38,40,41). The number of alkyl carbamates (subject to hydrolysis) is 3. The van der Waals surface area contributed by atoms with Crippen molar-refractivity contribution in [3.63, 3.8) is 0 Å². The second-order valence-electron chi connectivity index (χ2n) is 13.1. The van der Waals surface area contributed by atoms with Gasteiger partial charge in [0.1, 0.15) is 31.0 Å². The molecule has 1 aliphatic heterocycles. The van der Waals surface area contributed by atoms with Crippen LogP contribution >= 0.6 is 0 Å². The summed E-state index contributed by atoms with van der Waals surface area (Å²) in [6.07, 6.45) is -4.07. The molecule has 15 heteroatoms. The first-order chi connectivity index (χ1) is 23.1. The Bertz CT molecular complexity index is 1400. The maximum Gasteiger partial charge on any atom is 0.420 e. The van der Waals surface area contributed by atoms with Crippen molar-refractivity contribution in [2.75, 3.05) is 13.2 Å². The van der Waals surface area contributed by atoms with Crippen LogP contribution < -0.4 is 16.0 Å².